The molecule has 0 atom stereocenters. The fourth-order valence-corrected chi connectivity index (χ4v) is 1.00. The summed E-state index contributed by atoms with van der Waals surface area (Å²) in [5, 5.41) is 17.9. The van der Waals surface area contributed by atoms with Gasteiger partial charge in [0.1, 0.15) is 0 Å². The molecule has 0 unspecified atom stereocenters. The third-order valence-electron chi connectivity index (χ3n) is 1.67. The number of nitrogens with zero attached hydrogens (tertiary/aromatic N) is 4. The highest BCUT2D eigenvalue weighted by Crippen LogP contribution is 2.10. The van der Waals surface area contributed by atoms with Gasteiger partial charge in [0.05, 0.1) is 7.11 Å². The first kappa shape index (κ1) is 9.32. The predicted octanol–water partition coefficient (Wildman–Crippen LogP) is 1.02. The lowest BCUT2D eigenvalue weighted by Gasteiger charge is -2.02. The standard InChI is InChI=1S/C9H9N5O/c1-15-9-13-11-8(12-14-9)10-7-5-3-2-4-6-7/h2-6H,1H3,(H,10,11,12). The normalized spacial score (nSPS) is 9.67. The van der Waals surface area contributed by atoms with E-state index in [4.69, 9.17) is 4.74 Å². The average molecular weight is 203 g/mol. The Morgan fingerprint density at radius 1 is 1.00 bits per heavy atom. The van der Waals surface area contributed by atoms with Crippen LogP contribution >= 0.6 is 0 Å². The van der Waals surface area contributed by atoms with Gasteiger partial charge >= 0.3 is 6.01 Å². The summed E-state index contributed by atoms with van der Waals surface area (Å²) in [7, 11) is 1.46. The Balaban J connectivity index is 2.11. The summed E-state index contributed by atoms with van der Waals surface area (Å²) >= 11 is 0. The third kappa shape index (κ3) is 2.37. The maximum absolute atomic E-state index is 4.74. The molecule has 0 fully saturated rings. The molecule has 1 N–H and O–H groups in total. The minimum absolute atomic E-state index is 0.147. The highest BCUT2D eigenvalue weighted by atomic mass is 16.5. The maximum atomic E-state index is 4.74. The van der Waals surface area contributed by atoms with E-state index in [2.05, 4.69) is 25.7 Å². The number of nitrogens with one attached hydrogen (secondary N) is 1. The van der Waals surface area contributed by atoms with Gasteiger partial charge in [-0.2, -0.15) is 0 Å². The first-order chi connectivity index (χ1) is 7.38. The number of ether oxygens (including phenoxy) is 1. The molecular formula is C9H9N5O. The SMILES string of the molecule is COc1nnc(Nc2ccccc2)nn1. The minimum atomic E-state index is 0.147. The van der Waals surface area contributed by atoms with Gasteiger partial charge in [0, 0.05) is 5.69 Å². The highest BCUT2D eigenvalue weighted by molar-refractivity contribution is 5.51. The van der Waals surface area contributed by atoms with E-state index in [-0.39, 0.29) is 6.01 Å². The first-order valence-electron chi connectivity index (χ1n) is 4.32. The Morgan fingerprint density at radius 3 is 2.27 bits per heavy atom. The molecular weight excluding hydrogens is 194 g/mol. The van der Waals surface area contributed by atoms with E-state index >= 15 is 0 Å². The van der Waals surface area contributed by atoms with Crippen LogP contribution in [0.25, 0.3) is 0 Å². The molecule has 0 bridgehead atoms. The van der Waals surface area contributed by atoms with Crippen molar-refractivity contribution in [3.63, 3.8) is 0 Å². The molecule has 15 heavy (non-hydrogen) atoms. The number of hydrogen-bond donors (Lipinski definition) is 1. The van der Waals surface area contributed by atoms with Crippen LogP contribution in [0.1, 0.15) is 0 Å². The van der Waals surface area contributed by atoms with E-state index in [1.54, 1.807) is 0 Å². The summed E-state index contributed by atoms with van der Waals surface area (Å²) < 4.78 is 4.74. The van der Waals surface area contributed by atoms with E-state index in [1.807, 2.05) is 30.3 Å². The van der Waals surface area contributed by atoms with Crippen molar-refractivity contribution in [1.82, 2.24) is 20.4 Å². The highest BCUT2D eigenvalue weighted by Gasteiger charge is 2.00. The molecule has 0 saturated heterocycles. The fourth-order valence-electron chi connectivity index (χ4n) is 1.00. The lowest BCUT2D eigenvalue weighted by atomic mass is 10.3. The van der Waals surface area contributed by atoms with Crippen LogP contribution in [-0.4, -0.2) is 27.5 Å². The second-order valence-electron chi connectivity index (χ2n) is 2.70. The predicted molar refractivity (Wildman–Crippen MR) is 53.9 cm³/mol. The van der Waals surface area contributed by atoms with Gasteiger partial charge < -0.3 is 10.1 Å². The molecule has 0 aliphatic carbocycles. The summed E-state index contributed by atoms with van der Waals surface area (Å²) in [6.45, 7) is 0. The van der Waals surface area contributed by atoms with Crippen molar-refractivity contribution in [2.24, 2.45) is 0 Å². The van der Waals surface area contributed by atoms with Crippen molar-refractivity contribution < 1.29 is 4.74 Å². The Labute approximate surface area is 86.3 Å². The Bertz CT molecular complexity index is 416. The number of benzene rings is 1. The fraction of sp³-hybridized carbons (Fsp3) is 0.111. The van der Waals surface area contributed by atoms with Gasteiger partial charge in [0.15, 0.2) is 0 Å². The maximum Gasteiger partial charge on any atom is 0.354 e. The van der Waals surface area contributed by atoms with E-state index in [1.165, 1.54) is 7.11 Å². The molecule has 0 amide bonds. The molecule has 1 aromatic heterocycles. The van der Waals surface area contributed by atoms with Crippen molar-refractivity contribution in [3.05, 3.63) is 30.3 Å². The van der Waals surface area contributed by atoms with Crippen molar-refractivity contribution in [3.8, 4) is 6.01 Å². The topological polar surface area (TPSA) is 72.8 Å². The number of aromatic nitrogens is 4. The van der Waals surface area contributed by atoms with Crippen LogP contribution in [0.2, 0.25) is 0 Å². The molecule has 0 saturated carbocycles. The van der Waals surface area contributed by atoms with Crippen molar-refractivity contribution in [2.45, 2.75) is 0 Å². The molecule has 0 spiro atoms. The number of para-hydroxylation sites is 1. The Hall–Kier alpha value is -2.24. The van der Waals surface area contributed by atoms with Gasteiger partial charge in [0.2, 0.25) is 0 Å². The van der Waals surface area contributed by atoms with E-state index in [9.17, 15) is 0 Å². The zero-order chi connectivity index (χ0) is 10.5. The van der Waals surface area contributed by atoms with Crippen LogP contribution in [-0.2, 0) is 0 Å². The lowest BCUT2D eigenvalue weighted by molar-refractivity contribution is 0.366. The molecule has 0 radical (unpaired) electrons. The third-order valence-corrected chi connectivity index (χ3v) is 1.67. The molecule has 0 aliphatic heterocycles. The molecule has 0 aliphatic rings. The van der Waals surface area contributed by atoms with Gasteiger partial charge in [-0.15, -0.1) is 10.2 Å². The summed E-state index contributed by atoms with van der Waals surface area (Å²) in [5.41, 5.74) is 0.881. The summed E-state index contributed by atoms with van der Waals surface area (Å²) in [5.74, 6) is 0.335. The van der Waals surface area contributed by atoms with Crippen LogP contribution < -0.4 is 10.1 Å². The second kappa shape index (κ2) is 4.32. The average Bonchev–Trinajstić information content (AvgIpc) is 2.31. The van der Waals surface area contributed by atoms with Crippen molar-refractivity contribution >= 4 is 11.6 Å². The Morgan fingerprint density at radius 2 is 1.67 bits per heavy atom. The molecule has 2 rings (SSSR count). The smallest absolute Gasteiger partial charge is 0.354 e. The van der Waals surface area contributed by atoms with E-state index in [0.717, 1.165) is 5.69 Å². The zero-order valence-corrected chi connectivity index (χ0v) is 8.08. The summed E-state index contributed by atoms with van der Waals surface area (Å²) in [6.07, 6.45) is 0. The van der Waals surface area contributed by atoms with Crippen LogP contribution in [0.3, 0.4) is 0 Å². The molecule has 1 aromatic carbocycles. The van der Waals surface area contributed by atoms with Crippen molar-refractivity contribution in [2.75, 3.05) is 12.4 Å². The molecule has 76 valence electrons. The largest absolute Gasteiger partial charge is 0.465 e. The van der Waals surface area contributed by atoms with Crippen LogP contribution in [0.5, 0.6) is 6.01 Å². The molecule has 6 nitrogen and oxygen atoms in total. The molecule has 6 heteroatoms. The van der Waals surface area contributed by atoms with Crippen LogP contribution in [0.15, 0.2) is 30.3 Å². The van der Waals surface area contributed by atoms with Gasteiger partial charge in [0.25, 0.3) is 5.95 Å². The first-order valence-corrected chi connectivity index (χ1v) is 4.32. The number of rotatable bonds is 3. The number of anilines is 2. The van der Waals surface area contributed by atoms with Crippen molar-refractivity contribution in [1.29, 1.82) is 0 Å². The van der Waals surface area contributed by atoms with E-state index in [0.29, 0.717) is 5.95 Å². The van der Waals surface area contributed by atoms with E-state index < -0.39 is 0 Å². The number of hydrogen-bond acceptors (Lipinski definition) is 6. The van der Waals surface area contributed by atoms with Gasteiger partial charge in [-0.1, -0.05) is 28.4 Å². The number of methoxy groups -OCH3 is 1. The van der Waals surface area contributed by atoms with Crippen LogP contribution in [0.4, 0.5) is 11.6 Å². The van der Waals surface area contributed by atoms with Gasteiger partial charge in [-0.05, 0) is 12.1 Å². The second-order valence-corrected chi connectivity index (χ2v) is 2.70. The summed E-state index contributed by atoms with van der Waals surface area (Å²) in [6, 6.07) is 9.69. The monoisotopic (exact) mass is 203 g/mol. The lowest BCUT2D eigenvalue weighted by Crippen LogP contribution is -2.02. The minimum Gasteiger partial charge on any atom is -0.465 e. The molecule has 2 aromatic rings. The van der Waals surface area contributed by atoms with Gasteiger partial charge in [-0.25, -0.2) is 0 Å². The Kier molecular flexibility index (Phi) is 2.68. The summed E-state index contributed by atoms with van der Waals surface area (Å²) in [4.78, 5) is 0. The van der Waals surface area contributed by atoms with Gasteiger partial charge in [-0.3, -0.25) is 0 Å². The molecule has 1 heterocycles. The quantitative estimate of drug-likeness (QED) is 0.802. The zero-order valence-electron chi connectivity index (χ0n) is 8.08. The van der Waals surface area contributed by atoms with Crippen LogP contribution in [0, 0.1) is 0 Å².